The van der Waals surface area contributed by atoms with Gasteiger partial charge in [-0.1, -0.05) is 0 Å². The summed E-state index contributed by atoms with van der Waals surface area (Å²) in [6.45, 7) is 0. The molecule has 0 radical (unpaired) electrons. The van der Waals surface area contributed by atoms with Crippen LogP contribution in [0.3, 0.4) is 0 Å². The van der Waals surface area contributed by atoms with Crippen molar-refractivity contribution in [3.05, 3.63) is 17.0 Å². The van der Waals surface area contributed by atoms with Crippen molar-refractivity contribution in [2.75, 3.05) is 11.8 Å². The second-order valence-corrected chi connectivity index (χ2v) is 5.17. The molecule has 0 bridgehead atoms. The Balaban J connectivity index is 2.76. The van der Waals surface area contributed by atoms with Crippen molar-refractivity contribution in [3.8, 4) is 0 Å². The topological polar surface area (TPSA) is 122 Å². The molecule has 1 aromatic heterocycles. The molecular weight excluding hydrogens is 272 g/mol. The van der Waals surface area contributed by atoms with Gasteiger partial charge in [-0.15, -0.1) is 11.3 Å². The highest BCUT2D eigenvalue weighted by Gasteiger charge is 2.16. The maximum absolute atomic E-state index is 11.3. The third kappa shape index (κ3) is 3.92. The molecule has 1 heterocycles. The summed E-state index contributed by atoms with van der Waals surface area (Å²) in [5.41, 5.74) is 0. The Morgan fingerprint density at radius 3 is 2.53 bits per heavy atom. The average Bonchev–Trinajstić information content (AvgIpc) is 2.64. The van der Waals surface area contributed by atoms with Gasteiger partial charge in [-0.2, -0.15) is 8.42 Å². The molecule has 0 spiro atoms. The van der Waals surface area contributed by atoms with Crippen molar-refractivity contribution in [1.82, 2.24) is 4.72 Å². The summed E-state index contributed by atoms with van der Waals surface area (Å²) >= 11 is 0.721. The van der Waals surface area contributed by atoms with Crippen molar-refractivity contribution >= 4 is 38.6 Å². The first-order valence-corrected chi connectivity index (χ1v) is 6.35. The molecule has 0 fully saturated rings. The number of thiophene rings is 1. The standard InChI is InChI=1S/C7H8N2O6S2/c1-15-7(12)9-17(13,14)8-5-3-2-4(16-5)6(10)11/h2-3,8H,1H3,(H,9,12)(H,10,11). The van der Waals surface area contributed by atoms with Gasteiger partial charge in [0.1, 0.15) is 9.88 Å². The highest BCUT2D eigenvalue weighted by atomic mass is 32.2. The fourth-order valence-corrected chi connectivity index (χ4v) is 2.60. The van der Waals surface area contributed by atoms with Gasteiger partial charge in [0.2, 0.25) is 0 Å². The molecule has 94 valence electrons. The first kappa shape index (κ1) is 13.3. The molecule has 0 aliphatic rings. The number of carboxylic acid groups (broad SMARTS) is 1. The van der Waals surface area contributed by atoms with Crippen LogP contribution in [0.1, 0.15) is 9.67 Å². The van der Waals surface area contributed by atoms with E-state index in [1.165, 1.54) is 12.1 Å². The summed E-state index contributed by atoms with van der Waals surface area (Å²) in [4.78, 5) is 21.2. The van der Waals surface area contributed by atoms with E-state index < -0.39 is 22.3 Å². The molecule has 0 saturated carbocycles. The van der Waals surface area contributed by atoms with Gasteiger partial charge < -0.3 is 9.84 Å². The number of aromatic carboxylic acids is 1. The minimum absolute atomic E-state index is 0.0271. The zero-order valence-electron chi connectivity index (χ0n) is 8.46. The molecule has 1 rings (SSSR count). The maximum Gasteiger partial charge on any atom is 0.422 e. The highest BCUT2D eigenvalue weighted by molar-refractivity contribution is 7.91. The Labute approximate surface area is 100 Å². The van der Waals surface area contributed by atoms with Crippen molar-refractivity contribution in [1.29, 1.82) is 0 Å². The molecule has 0 aromatic carbocycles. The van der Waals surface area contributed by atoms with Gasteiger partial charge in [0, 0.05) is 0 Å². The van der Waals surface area contributed by atoms with E-state index in [-0.39, 0.29) is 9.88 Å². The van der Waals surface area contributed by atoms with Gasteiger partial charge in [0.15, 0.2) is 0 Å². The lowest BCUT2D eigenvalue weighted by atomic mass is 10.5. The minimum Gasteiger partial charge on any atom is -0.477 e. The molecule has 0 atom stereocenters. The summed E-state index contributed by atoms with van der Waals surface area (Å²) in [5, 5.41) is 8.69. The van der Waals surface area contributed by atoms with E-state index in [0.717, 1.165) is 18.4 Å². The van der Waals surface area contributed by atoms with Crippen LogP contribution in [0.15, 0.2) is 12.1 Å². The Hall–Kier alpha value is -1.81. The van der Waals surface area contributed by atoms with Crippen molar-refractivity contribution in [3.63, 3.8) is 0 Å². The zero-order valence-corrected chi connectivity index (χ0v) is 10.1. The predicted molar refractivity (Wildman–Crippen MR) is 59.4 cm³/mol. The molecule has 1 amide bonds. The molecule has 3 N–H and O–H groups in total. The number of anilines is 1. The highest BCUT2D eigenvalue weighted by Crippen LogP contribution is 2.22. The molecule has 0 aliphatic carbocycles. The third-order valence-electron chi connectivity index (χ3n) is 1.45. The Morgan fingerprint density at radius 1 is 1.41 bits per heavy atom. The Kier molecular flexibility index (Phi) is 3.91. The number of carbonyl (C=O) groups excluding carboxylic acids is 1. The van der Waals surface area contributed by atoms with Gasteiger partial charge in [-0.25, -0.2) is 14.3 Å². The van der Waals surface area contributed by atoms with Crippen LogP contribution in [0.2, 0.25) is 0 Å². The smallest absolute Gasteiger partial charge is 0.422 e. The maximum atomic E-state index is 11.3. The van der Waals surface area contributed by atoms with Crippen LogP contribution >= 0.6 is 11.3 Å². The van der Waals surface area contributed by atoms with Gasteiger partial charge in [-0.05, 0) is 12.1 Å². The fraction of sp³-hybridized carbons (Fsp3) is 0.143. The molecule has 10 heteroatoms. The number of carbonyl (C=O) groups is 2. The molecule has 0 saturated heterocycles. The molecule has 1 aromatic rings. The van der Waals surface area contributed by atoms with E-state index in [4.69, 9.17) is 5.11 Å². The molecular formula is C7H8N2O6S2. The second-order valence-electron chi connectivity index (χ2n) is 2.67. The molecule has 17 heavy (non-hydrogen) atoms. The van der Waals surface area contributed by atoms with Crippen LogP contribution in [0, 0.1) is 0 Å². The Morgan fingerprint density at radius 2 is 2.06 bits per heavy atom. The Bertz CT molecular complexity index is 534. The predicted octanol–water partition coefficient (Wildman–Crippen LogP) is 0.459. The van der Waals surface area contributed by atoms with Crippen molar-refractivity contribution < 1.29 is 27.9 Å². The second kappa shape index (κ2) is 5.01. The molecule has 0 aliphatic heterocycles. The third-order valence-corrected chi connectivity index (χ3v) is 3.50. The summed E-state index contributed by atoms with van der Waals surface area (Å²) in [6.07, 6.45) is -1.15. The largest absolute Gasteiger partial charge is 0.477 e. The quantitative estimate of drug-likeness (QED) is 0.736. The van der Waals surface area contributed by atoms with Crippen LogP contribution in [0.4, 0.5) is 9.80 Å². The van der Waals surface area contributed by atoms with Gasteiger partial charge >= 0.3 is 22.3 Å². The molecule has 8 nitrogen and oxygen atoms in total. The van der Waals surface area contributed by atoms with E-state index >= 15 is 0 Å². The zero-order chi connectivity index (χ0) is 13.1. The summed E-state index contributed by atoms with van der Waals surface area (Å²) in [7, 11) is -3.10. The number of rotatable bonds is 4. The lowest BCUT2D eigenvalue weighted by molar-refractivity contribution is 0.0702. The van der Waals surface area contributed by atoms with Crippen LogP contribution in [-0.2, 0) is 14.9 Å². The number of ether oxygens (including phenoxy) is 1. The van der Waals surface area contributed by atoms with Crippen LogP contribution in [0.25, 0.3) is 0 Å². The SMILES string of the molecule is COC(=O)NS(=O)(=O)Nc1ccc(C(=O)O)s1. The van der Waals surface area contributed by atoms with E-state index in [9.17, 15) is 18.0 Å². The van der Waals surface area contributed by atoms with E-state index in [0.29, 0.717) is 0 Å². The van der Waals surface area contributed by atoms with E-state index in [1.54, 1.807) is 4.72 Å². The lowest BCUT2D eigenvalue weighted by Crippen LogP contribution is -2.34. The number of hydrogen-bond acceptors (Lipinski definition) is 6. The number of carboxylic acids is 1. The van der Waals surface area contributed by atoms with Crippen LogP contribution < -0.4 is 9.44 Å². The normalized spacial score (nSPS) is 10.6. The van der Waals surface area contributed by atoms with Gasteiger partial charge in [0.05, 0.1) is 7.11 Å². The average molecular weight is 280 g/mol. The summed E-state index contributed by atoms with van der Waals surface area (Å²) in [6, 6.07) is 2.51. The number of hydrogen-bond donors (Lipinski definition) is 3. The minimum atomic E-state index is -4.12. The van der Waals surface area contributed by atoms with Crippen LogP contribution in [0.5, 0.6) is 0 Å². The van der Waals surface area contributed by atoms with Crippen molar-refractivity contribution in [2.24, 2.45) is 0 Å². The van der Waals surface area contributed by atoms with Gasteiger partial charge in [0.25, 0.3) is 0 Å². The fourth-order valence-electron chi connectivity index (χ4n) is 0.817. The van der Waals surface area contributed by atoms with Crippen molar-refractivity contribution in [2.45, 2.75) is 0 Å². The first-order chi connectivity index (χ1) is 7.84. The summed E-state index contributed by atoms with van der Waals surface area (Å²) < 4.78 is 30.2. The van der Waals surface area contributed by atoms with Gasteiger partial charge in [-0.3, -0.25) is 4.72 Å². The molecule has 0 unspecified atom stereocenters. The summed E-state index contributed by atoms with van der Waals surface area (Å²) in [5.74, 6) is -1.17. The number of amides is 1. The first-order valence-electron chi connectivity index (χ1n) is 4.05. The van der Waals surface area contributed by atoms with E-state index in [2.05, 4.69) is 4.74 Å². The number of nitrogens with one attached hydrogen (secondary N) is 2. The van der Waals surface area contributed by atoms with E-state index in [1.807, 2.05) is 4.72 Å². The number of methoxy groups -OCH3 is 1. The monoisotopic (exact) mass is 280 g/mol. The van der Waals surface area contributed by atoms with Crippen LogP contribution in [-0.4, -0.2) is 32.7 Å². The lowest BCUT2D eigenvalue weighted by Gasteiger charge is -2.05.